The van der Waals surface area contributed by atoms with Gasteiger partial charge in [-0.3, -0.25) is 0 Å². The standard InChI is InChI=1S/C14H22BrNO2/c1-3-11(6-10(8-16)9-17)13-7-12(15)4-5-14(13)18-2/h4-5,7,10-11,17H,3,6,8-9,16H2,1-2H3. The highest BCUT2D eigenvalue weighted by Crippen LogP contribution is 2.35. The summed E-state index contributed by atoms with van der Waals surface area (Å²) in [6, 6.07) is 6.04. The number of aliphatic hydroxyl groups excluding tert-OH is 1. The lowest BCUT2D eigenvalue weighted by molar-refractivity contribution is 0.214. The Morgan fingerprint density at radius 3 is 2.67 bits per heavy atom. The molecule has 0 spiro atoms. The van der Waals surface area contributed by atoms with Crippen LogP contribution in [0, 0.1) is 5.92 Å². The van der Waals surface area contributed by atoms with E-state index in [1.165, 1.54) is 5.56 Å². The molecule has 0 saturated carbocycles. The molecule has 0 aliphatic heterocycles. The van der Waals surface area contributed by atoms with Gasteiger partial charge in [0.05, 0.1) is 7.11 Å². The summed E-state index contributed by atoms with van der Waals surface area (Å²) in [4.78, 5) is 0. The van der Waals surface area contributed by atoms with E-state index in [1.54, 1.807) is 7.11 Å². The van der Waals surface area contributed by atoms with Gasteiger partial charge in [-0.1, -0.05) is 22.9 Å². The minimum Gasteiger partial charge on any atom is -0.496 e. The van der Waals surface area contributed by atoms with Crippen LogP contribution in [0.25, 0.3) is 0 Å². The predicted molar refractivity (Wildman–Crippen MR) is 78.0 cm³/mol. The molecule has 2 atom stereocenters. The van der Waals surface area contributed by atoms with Gasteiger partial charge >= 0.3 is 0 Å². The zero-order valence-corrected chi connectivity index (χ0v) is 12.6. The first-order chi connectivity index (χ1) is 8.65. The summed E-state index contributed by atoms with van der Waals surface area (Å²) in [7, 11) is 1.69. The van der Waals surface area contributed by atoms with Crippen molar-refractivity contribution in [3.8, 4) is 5.75 Å². The van der Waals surface area contributed by atoms with E-state index in [4.69, 9.17) is 10.5 Å². The number of aliphatic hydroxyl groups is 1. The van der Waals surface area contributed by atoms with E-state index in [0.717, 1.165) is 23.1 Å². The van der Waals surface area contributed by atoms with E-state index < -0.39 is 0 Å². The molecular formula is C14H22BrNO2. The largest absolute Gasteiger partial charge is 0.496 e. The van der Waals surface area contributed by atoms with Crippen molar-refractivity contribution < 1.29 is 9.84 Å². The van der Waals surface area contributed by atoms with Crippen LogP contribution in [0.4, 0.5) is 0 Å². The molecule has 3 N–H and O–H groups in total. The summed E-state index contributed by atoms with van der Waals surface area (Å²) in [6.07, 6.45) is 1.89. The van der Waals surface area contributed by atoms with Crippen LogP contribution >= 0.6 is 15.9 Å². The lowest BCUT2D eigenvalue weighted by Gasteiger charge is -2.22. The van der Waals surface area contributed by atoms with Crippen molar-refractivity contribution in [2.45, 2.75) is 25.7 Å². The number of halogens is 1. The summed E-state index contributed by atoms with van der Waals surface area (Å²) in [6.45, 7) is 2.81. The Bertz CT molecular complexity index is 367. The molecular weight excluding hydrogens is 294 g/mol. The smallest absolute Gasteiger partial charge is 0.122 e. The van der Waals surface area contributed by atoms with Crippen LogP contribution < -0.4 is 10.5 Å². The molecule has 1 aromatic carbocycles. The van der Waals surface area contributed by atoms with Crippen LogP contribution in [-0.2, 0) is 0 Å². The highest BCUT2D eigenvalue weighted by Gasteiger charge is 2.19. The molecule has 2 unspecified atom stereocenters. The van der Waals surface area contributed by atoms with Crippen LogP contribution in [0.2, 0.25) is 0 Å². The van der Waals surface area contributed by atoms with Crippen molar-refractivity contribution in [1.29, 1.82) is 0 Å². The van der Waals surface area contributed by atoms with Crippen molar-refractivity contribution in [3.05, 3.63) is 28.2 Å². The molecule has 0 bridgehead atoms. The number of hydrogen-bond donors (Lipinski definition) is 2. The van der Waals surface area contributed by atoms with Gasteiger partial charge in [0.15, 0.2) is 0 Å². The summed E-state index contributed by atoms with van der Waals surface area (Å²) in [5.41, 5.74) is 6.85. The van der Waals surface area contributed by atoms with E-state index in [-0.39, 0.29) is 12.5 Å². The van der Waals surface area contributed by atoms with Crippen LogP contribution in [0.3, 0.4) is 0 Å². The Balaban J connectivity index is 2.96. The fraction of sp³-hybridized carbons (Fsp3) is 0.571. The molecule has 0 aliphatic rings. The van der Waals surface area contributed by atoms with Crippen LogP contribution in [-0.4, -0.2) is 25.4 Å². The second-order valence-electron chi connectivity index (χ2n) is 4.51. The van der Waals surface area contributed by atoms with Gasteiger partial charge in [0.2, 0.25) is 0 Å². The van der Waals surface area contributed by atoms with Gasteiger partial charge in [-0.2, -0.15) is 0 Å². The number of rotatable bonds is 7. The molecule has 0 heterocycles. The number of ether oxygens (including phenoxy) is 1. The van der Waals surface area contributed by atoms with E-state index >= 15 is 0 Å². The average Bonchev–Trinajstić information content (AvgIpc) is 2.40. The second-order valence-corrected chi connectivity index (χ2v) is 5.43. The topological polar surface area (TPSA) is 55.5 Å². The fourth-order valence-corrected chi connectivity index (χ4v) is 2.56. The van der Waals surface area contributed by atoms with E-state index in [9.17, 15) is 5.11 Å². The summed E-state index contributed by atoms with van der Waals surface area (Å²) in [5.74, 6) is 1.41. The lowest BCUT2D eigenvalue weighted by atomic mass is 9.86. The Morgan fingerprint density at radius 1 is 1.44 bits per heavy atom. The van der Waals surface area contributed by atoms with E-state index in [2.05, 4.69) is 28.9 Å². The van der Waals surface area contributed by atoms with Crippen LogP contribution in [0.5, 0.6) is 5.75 Å². The number of nitrogens with two attached hydrogens (primary N) is 1. The molecule has 1 rings (SSSR count). The van der Waals surface area contributed by atoms with Gasteiger partial charge < -0.3 is 15.6 Å². The fourth-order valence-electron chi connectivity index (χ4n) is 2.19. The van der Waals surface area contributed by atoms with Crippen molar-refractivity contribution in [1.82, 2.24) is 0 Å². The molecule has 3 nitrogen and oxygen atoms in total. The highest BCUT2D eigenvalue weighted by atomic mass is 79.9. The first-order valence-corrected chi connectivity index (χ1v) is 7.09. The minimum atomic E-state index is 0.142. The monoisotopic (exact) mass is 315 g/mol. The Morgan fingerprint density at radius 2 is 2.17 bits per heavy atom. The zero-order chi connectivity index (χ0) is 13.5. The number of hydrogen-bond acceptors (Lipinski definition) is 3. The molecule has 18 heavy (non-hydrogen) atoms. The molecule has 0 saturated heterocycles. The van der Waals surface area contributed by atoms with Crippen molar-refractivity contribution >= 4 is 15.9 Å². The normalized spacial score (nSPS) is 14.3. The van der Waals surface area contributed by atoms with Gasteiger partial charge in [-0.25, -0.2) is 0 Å². The van der Waals surface area contributed by atoms with E-state index in [1.807, 2.05) is 12.1 Å². The maximum absolute atomic E-state index is 9.28. The molecule has 0 aromatic heterocycles. The zero-order valence-electron chi connectivity index (χ0n) is 11.0. The molecule has 0 fully saturated rings. The van der Waals surface area contributed by atoms with Crippen molar-refractivity contribution in [2.24, 2.45) is 11.7 Å². The third-order valence-corrected chi connectivity index (χ3v) is 3.83. The van der Waals surface area contributed by atoms with Crippen molar-refractivity contribution in [3.63, 3.8) is 0 Å². The summed E-state index contributed by atoms with van der Waals surface area (Å²) in [5, 5.41) is 9.28. The first-order valence-electron chi connectivity index (χ1n) is 6.30. The summed E-state index contributed by atoms with van der Waals surface area (Å²) >= 11 is 3.49. The first kappa shape index (κ1) is 15.5. The second kappa shape index (κ2) is 7.77. The quantitative estimate of drug-likeness (QED) is 0.813. The molecule has 0 amide bonds. The molecule has 4 heteroatoms. The lowest BCUT2D eigenvalue weighted by Crippen LogP contribution is -2.20. The maximum Gasteiger partial charge on any atom is 0.122 e. The highest BCUT2D eigenvalue weighted by molar-refractivity contribution is 9.10. The Kier molecular flexibility index (Phi) is 6.68. The van der Waals surface area contributed by atoms with Gasteiger partial charge in [-0.05, 0) is 55.0 Å². The minimum absolute atomic E-state index is 0.142. The molecule has 1 aromatic rings. The Hall–Kier alpha value is -0.580. The predicted octanol–water partition coefficient (Wildman–Crippen LogP) is 2.91. The number of methoxy groups -OCH3 is 1. The van der Waals surface area contributed by atoms with Crippen LogP contribution in [0.15, 0.2) is 22.7 Å². The van der Waals surface area contributed by atoms with E-state index in [0.29, 0.717) is 12.5 Å². The molecule has 102 valence electrons. The van der Waals surface area contributed by atoms with Crippen LogP contribution in [0.1, 0.15) is 31.2 Å². The maximum atomic E-state index is 9.28. The van der Waals surface area contributed by atoms with Gasteiger partial charge in [0.25, 0.3) is 0 Å². The summed E-state index contributed by atoms with van der Waals surface area (Å²) < 4.78 is 6.46. The Labute approximate surface area is 117 Å². The molecule has 0 radical (unpaired) electrons. The van der Waals surface area contributed by atoms with Crippen molar-refractivity contribution in [2.75, 3.05) is 20.3 Å². The third-order valence-electron chi connectivity index (χ3n) is 3.33. The molecule has 0 aliphatic carbocycles. The average molecular weight is 316 g/mol. The number of benzene rings is 1. The SMILES string of the molecule is CCC(CC(CN)CO)c1cc(Br)ccc1OC. The van der Waals surface area contributed by atoms with Gasteiger partial charge in [0, 0.05) is 11.1 Å². The van der Waals surface area contributed by atoms with Gasteiger partial charge in [0.1, 0.15) is 5.75 Å². The van der Waals surface area contributed by atoms with Gasteiger partial charge in [-0.15, -0.1) is 0 Å². The third kappa shape index (κ3) is 3.97.